The smallest absolute Gasteiger partial charge is 0.195 e. The lowest BCUT2D eigenvalue weighted by atomic mass is 9.96. The fraction of sp³-hybridized carbons (Fsp3) is 0.0526. The second kappa shape index (κ2) is 11.6. The van der Waals surface area contributed by atoms with Gasteiger partial charge in [-0.1, -0.05) is 54.3 Å². The maximum atomic E-state index is 15.2. The minimum atomic E-state index is -1.59. The summed E-state index contributed by atoms with van der Waals surface area (Å²) >= 11 is 0. The Hall–Kier alpha value is -5.35. The lowest BCUT2D eigenvalue weighted by Crippen LogP contribution is -1.94. The molecule has 45 heavy (non-hydrogen) atoms. The largest absolute Gasteiger partial charge is 0.206 e. The molecule has 0 nitrogen and oxygen atoms in total. The SMILES string of the molecule is Cc1ccc(-c2cc(C)c(C#Cc3ccc(-c4ccc(-c5ccc6c(F)c(F)c(F)cc6c5)c(F)c4)c(F)c3)c(F)c2)c(F)c1. The molecule has 0 aliphatic rings. The Morgan fingerprint density at radius 1 is 0.444 bits per heavy atom. The van der Waals surface area contributed by atoms with Crippen molar-refractivity contribution in [2.75, 3.05) is 0 Å². The molecule has 0 saturated carbocycles. The van der Waals surface area contributed by atoms with Crippen molar-refractivity contribution in [2.24, 2.45) is 0 Å². The van der Waals surface area contributed by atoms with Crippen LogP contribution >= 0.6 is 0 Å². The van der Waals surface area contributed by atoms with Gasteiger partial charge in [-0.15, -0.1) is 0 Å². The maximum Gasteiger partial charge on any atom is 0.195 e. The van der Waals surface area contributed by atoms with Gasteiger partial charge in [0.2, 0.25) is 0 Å². The second-order valence-corrected chi connectivity index (χ2v) is 10.7. The van der Waals surface area contributed by atoms with E-state index in [0.29, 0.717) is 16.7 Å². The van der Waals surface area contributed by atoms with E-state index >= 15 is 13.2 Å². The minimum Gasteiger partial charge on any atom is -0.206 e. The lowest BCUT2D eigenvalue weighted by molar-refractivity contribution is 0.453. The molecule has 6 rings (SSSR count). The van der Waals surface area contributed by atoms with Gasteiger partial charge in [-0.25, -0.2) is 30.7 Å². The fourth-order valence-corrected chi connectivity index (χ4v) is 5.26. The monoisotopic (exact) mass is 610 g/mol. The van der Waals surface area contributed by atoms with E-state index in [2.05, 4.69) is 11.8 Å². The van der Waals surface area contributed by atoms with Crippen LogP contribution in [0.15, 0.2) is 91.0 Å². The zero-order valence-corrected chi connectivity index (χ0v) is 23.8. The minimum absolute atomic E-state index is 0.0568. The number of benzene rings is 6. The van der Waals surface area contributed by atoms with Crippen LogP contribution in [-0.4, -0.2) is 0 Å². The van der Waals surface area contributed by atoms with E-state index in [-0.39, 0.29) is 44.2 Å². The van der Waals surface area contributed by atoms with Crippen molar-refractivity contribution in [2.45, 2.75) is 13.8 Å². The molecule has 222 valence electrons. The molecule has 0 fully saturated rings. The first kappa shape index (κ1) is 29.7. The maximum absolute atomic E-state index is 15.2. The number of hydrogen-bond donors (Lipinski definition) is 0. The van der Waals surface area contributed by atoms with Crippen molar-refractivity contribution in [1.29, 1.82) is 0 Å². The molecular weight excluding hydrogens is 589 g/mol. The molecule has 0 N–H and O–H groups in total. The van der Waals surface area contributed by atoms with Crippen molar-refractivity contribution in [1.82, 2.24) is 0 Å². The van der Waals surface area contributed by atoms with Gasteiger partial charge in [-0.05, 0) is 95.6 Å². The molecule has 0 aliphatic carbocycles. The number of hydrogen-bond acceptors (Lipinski definition) is 0. The normalized spacial score (nSPS) is 11.0. The van der Waals surface area contributed by atoms with E-state index in [1.807, 2.05) is 0 Å². The molecule has 0 amide bonds. The van der Waals surface area contributed by atoms with Crippen molar-refractivity contribution in [3.63, 3.8) is 0 Å². The summed E-state index contributed by atoms with van der Waals surface area (Å²) in [4.78, 5) is 0. The molecule has 0 aromatic heterocycles. The van der Waals surface area contributed by atoms with E-state index < -0.39 is 40.7 Å². The molecule has 0 heterocycles. The predicted molar refractivity (Wildman–Crippen MR) is 162 cm³/mol. The van der Waals surface area contributed by atoms with Crippen LogP contribution < -0.4 is 0 Å². The van der Waals surface area contributed by atoms with Crippen molar-refractivity contribution in [3.8, 4) is 45.2 Å². The first-order chi connectivity index (χ1) is 21.5. The topological polar surface area (TPSA) is 0 Å². The summed E-state index contributed by atoms with van der Waals surface area (Å²) in [6.45, 7) is 3.41. The van der Waals surface area contributed by atoms with E-state index in [9.17, 15) is 17.6 Å². The zero-order chi connectivity index (χ0) is 32.0. The molecule has 7 heteroatoms. The molecule has 0 radical (unpaired) electrons. The molecule has 0 aliphatic heterocycles. The molecule has 0 bridgehead atoms. The van der Waals surface area contributed by atoms with Crippen molar-refractivity contribution >= 4 is 10.8 Å². The van der Waals surface area contributed by atoms with Crippen LogP contribution in [-0.2, 0) is 0 Å². The van der Waals surface area contributed by atoms with Gasteiger partial charge in [0.05, 0.1) is 5.56 Å². The Bertz CT molecular complexity index is 2200. The first-order valence-electron chi connectivity index (χ1n) is 13.8. The van der Waals surface area contributed by atoms with Gasteiger partial charge in [0.15, 0.2) is 17.5 Å². The van der Waals surface area contributed by atoms with E-state index in [0.717, 1.165) is 23.8 Å². The second-order valence-electron chi connectivity index (χ2n) is 10.7. The summed E-state index contributed by atoms with van der Waals surface area (Å²) in [7, 11) is 0. The van der Waals surface area contributed by atoms with E-state index in [4.69, 9.17) is 0 Å². The first-order valence-corrected chi connectivity index (χ1v) is 13.8. The van der Waals surface area contributed by atoms with Gasteiger partial charge in [-0.2, -0.15) is 0 Å². The van der Waals surface area contributed by atoms with E-state index in [1.54, 1.807) is 32.0 Å². The Morgan fingerprint density at radius 3 is 1.73 bits per heavy atom. The number of halogens is 7. The molecule has 0 saturated heterocycles. The predicted octanol–water partition coefficient (Wildman–Crippen LogP) is 10.8. The summed E-state index contributed by atoms with van der Waals surface area (Å²) in [5, 5.41) is -0.0891. The Morgan fingerprint density at radius 2 is 1.04 bits per heavy atom. The third kappa shape index (κ3) is 5.67. The summed E-state index contributed by atoms with van der Waals surface area (Å²) in [6, 6.07) is 20.5. The zero-order valence-electron chi connectivity index (χ0n) is 23.8. The highest BCUT2D eigenvalue weighted by Crippen LogP contribution is 2.33. The molecule has 0 atom stereocenters. The van der Waals surface area contributed by atoms with Crippen LogP contribution in [0.3, 0.4) is 0 Å². The Kier molecular flexibility index (Phi) is 7.68. The van der Waals surface area contributed by atoms with Crippen LogP contribution in [0.2, 0.25) is 0 Å². The highest BCUT2D eigenvalue weighted by atomic mass is 19.2. The fourth-order valence-electron chi connectivity index (χ4n) is 5.26. The number of aryl methyl sites for hydroxylation is 2. The lowest BCUT2D eigenvalue weighted by Gasteiger charge is -2.10. The number of rotatable bonds is 3. The van der Waals surface area contributed by atoms with Gasteiger partial charge in [0.25, 0.3) is 0 Å². The van der Waals surface area contributed by atoms with Crippen LogP contribution in [0.1, 0.15) is 22.3 Å². The molecule has 6 aromatic carbocycles. The molecular formula is C38H21F7. The molecule has 6 aromatic rings. The third-order valence-corrected chi connectivity index (χ3v) is 7.59. The van der Waals surface area contributed by atoms with Crippen LogP contribution in [0.25, 0.3) is 44.2 Å². The van der Waals surface area contributed by atoms with Gasteiger partial charge >= 0.3 is 0 Å². The van der Waals surface area contributed by atoms with Gasteiger partial charge < -0.3 is 0 Å². The standard InChI is InChI=1S/C38H21F7/c1-20-3-8-30(32(39)13-20)25-14-21(2)27(34(41)18-25)9-4-22-5-10-28(33(40)15-22)24-6-11-29(35(42)17-24)23-7-12-31-26(16-23)19-36(43)38(45)37(31)44/h3,5-8,10-19H,1-2H3. The molecule has 0 unspecified atom stereocenters. The van der Waals surface area contributed by atoms with Crippen molar-refractivity contribution < 1.29 is 30.7 Å². The van der Waals surface area contributed by atoms with Gasteiger partial charge in [0, 0.05) is 27.6 Å². The van der Waals surface area contributed by atoms with Crippen LogP contribution in [0.4, 0.5) is 30.7 Å². The van der Waals surface area contributed by atoms with Crippen LogP contribution in [0, 0.1) is 66.4 Å². The van der Waals surface area contributed by atoms with E-state index in [1.165, 1.54) is 54.6 Å². The summed E-state index contributed by atoms with van der Waals surface area (Å²) in [6.07, 6.45) is 0. The Balaban J connectivity index is 1.26. The average molecular weight is 611 g/mol. The Labute approximate surface area is 254 Å². The van der Waals surface area contributed by atoms with Gasteiger partial charge in [0.1, 0.15) is 23.3 Å². The van der Waals surface area contributed by atoms with Crippen molar-refractivity contribution in [3.05, 3.63) is 154 Å². The quantitative estimate of drug-likeness (QED) is 0.106. The summed E-state index contributed by atoms with van der Waals surface area (Å²) < 4.78 is 101. The molecule has 0 spiro atoms. The third-order valence-electron chi connectivity index (χ3n) is 7.59. The summed E-state index contributed by atoms with van der Waals surface area (Å²) in [5.74, 6) is -1.28. The highest BCUT2D eigenvalue weighted by Gasteiger charge is 2.16. The van der Waals surface area contributed by atoms with Crippen LogP contribution in [0.5, 0.6) is 0 Å². The number of fused-ring (bicyclic) bond motifs is 1. The van der Waals surface area contributed by atoms with Gasteiger partial charge in [-0.3, -0.25) is 0 Å². The highest BCUT2D eigenvalue weighted by molar-refractivity contribution is 5.88. The average Bonchev–Trinajstić information content (AvgIpc) is 2.99. The summed E-state index contributed by atoms with van der Waals surface area (Å²) in [5.41, 5.74) is 2.94.